The number of aliphatic hydroxyl groups excluding tert-OH is 1. The minimum Gasteiger partial charge on any atom is -0.395 e. The molecule has 5 heteroatoms. The standard InChI is InChI=1S/C14H29N3O2/c1-11(2)13(15)10-14(19)17(8-9-18)12-4-6-16(3)7-5-12/h11-13,18H,4-10,15H2,1-3H3. The number of hydrogen-bond acceptors (Lipinski definition) is 4. The molecule has 1 amide bonds. The van der Waals surface area contributed by atoms with Crippen LogP contribution in [0.4, 0.5) is 0 Å². The number of likely N-dealkylation sites (tertiary alicyclic amines) is 1. The number of carbonyl (C=O) groups is 1. The van der Waals surface area contributed by atoms with Crippen molar-refractivity contribution in [1.29, 1.82) is 0 Å². The normalized spacial score (nSPS) is 19.7. The number of nitrogens with zero attached hydrogens (tertiary/aromatic N) is 2. The molecule has 1 unspecified atom stereocenters. The highest BCUT2D eigenvalue weighted by atomic mass is 16.3. The molecule has 0 spiro atoms. The van der Waals surface area contributed by atoms with Crippen LogP contribution in [-0.2, 0) is 4.79 Å². The molecule has 1 aliphatic heterocycles. The van der Waals surface area contributed by atoms with Crippen molar-refractivity contribution in [3.63, 3.8) is 0 Å². The maximum Gasteiger partial charge on any atom is 0.224 e. The Morgan fingerprint density at radius 2 is 2.00 bits per heavy atom. The van der Waals surface area contributed by atoms with Crippen LogP contribution in [0.3, 0.4) is 0 Å². The van der Waals surface area contributed by atoms with Gasteiger partial charge in [-0.25, -0.2) is 0 Å². The first-order valence-electron chi connectivity index (χ1n) is 7.30. The van der Waals surface area contributed by atoms with Crippen molar-refractivity contribution in [1.82, 2.24) is 9.80 Å². The average Bonchev–Trinajstić information content (AvgIpc) is 2.37. The maximum atomic E-state index is 12.4. The molecular weight excluding hydrogens is 242 g/mol. The summed E-state index contributed by atoms with van der Waals surface area (Å²) in [4.78, 5) is 16.5. The van der Waals surface area contributed by atoms with Gasteiger partial charge in [-0.05, 0) is 38.9 Å². The van der Waals surface area contributed by atoms with E-state index in [1.165, 1.54) is 0 Å². The molecule has 0 bridgehead atoms. The number of carbonyl (C=O) groups excluding carboxylic acids is 1. The van der Waals surface area contributed by atoms with Crippen LogP contribution >= 0.6 is 0 Å². The zero-order valence-corrected chi connectivity index (χ0v) is 12.5. The van der Waals surface area contributed by atoms with Gasteiger partial charge in [0.25, 0.3) is 0 Å². The first-order chi connectivity index (χ1) is 8.95. The molecule has 3 N–H and O–H groups in total. The molecule has 0 aromatic heterocycles. The van der Waals surface area contributed by atoms with Crippen LogP contribution in [0.5, 0.6) is 0 Å². The average molecular weight is 271 g/mol. The Bertz CT molecular complexity index is 276. The number of aliphatic hydroxyl groups is 1. The lowest BCUT2D eigenvalue weighted by atomic mass is 9.99. The summed E-state index contributed by atoms with van der Waals surface area (Å²) >= 11 is 0. The minimum absolute atomic E-state index is 0.0228. The summed E-state index contributed by atoms with van der Waals surface area (Å²) in [6.45, 7) is 6.53. The third-order valence-corrected chi connectivity index (χ3v) is 4.06. The molecule has 0 saturated carbocycles. The Kier molecular flexibility index (Phi) is 6.75. The Morgan fingerprint density at radius 3 is 2.47 bits per heavy atom. The van der Waals surface area contributed by atoms with Gasteiger partial charge in [0.1, 0.15) is 0 Å². The lowest BCUT2D eigenvalue weighted by Gasteiger charge is -2.37. The van der Waals surface area contributed by atoms with Crippen molar-refractivity contribution < 1.29 is 9.90 Å². The number of rotatable bonds is 6. The van der Waals surface area contributed by atoms with Gasteiger partial charge in [0.2, 0.25) is 5.91 Å². The van der Waals surface area contributed by atoms with Gasteiger partial charge in [-0.1, -0.05) is 13.8 Å². The van der Waals surface area contributed by atoms with Gasteiger partial charge in [0.15, 0.2) is 0 Å². The molecule has 0 aromatic rings. The zero-order chi connectivity index (χ0) is 14.4. The molecule has 0 aromatic carbocycles. The monoisotopic (exact) mass is 271 g/mol. The zero-order valence-electron chi connectivity index (χ0n) is 12.5. The maximum absolute atomic E-state index is 12.4. The summed E-state index contributed by atoms with van der Waals surface area (Å²) in [7, 11) is 2.10. The van der Waals surface area contributed by atoms with Crippen LogP contribution < -0.4 is 5.73 Å². The highest BCUT2D eigenvalue weighted by Gasteiger charge is 2.27. The van der Waals surface area contributed by atoms with Crippen molar-refractivity contribution in [2.45, 2.75) is 45.2 Å². The topological polar surface area (TPSA) is 69.8 Å². The Labute approximate surface area is 116 Å². The molecule has 1 fully saturated rings. The molecule has 19 heavy (non-hydrogen) atoms. The lowest BCUT2D eigenvalue weighted by Crippen LogP contribution is -2.49. The summed E-state index contributed by atoms with van der Waals surface area (Å²) in [5.41, 5.74) is 5.98. The predicted octanol–water partition coefficient (Wildman–Crippen LogP) is 0.275. The van der Waals surface area contributed by atoms with E-state index in [1.807, 2.05) is 18.7 Å². The largest absolute Gasteiger partial charge is 0.395 e. The molecule has 1 heterocycles. The quantitative estimate of drug-likeness (QED) is 0.728. The number of amides is 1. The van der Waals surface area contributed by atoms with Gasteiger partial charge in [0, 0.05) is 25.0 Å². The first kappa shape index (κ1) is 16.4. The summed E-state index contributed by atoms with van der Waals surface area (Å²) in [6.07, 6.45) is 2.35. The van der Waals surface area contributed by atoms with Gasteiger partial charge < -0.3 is 20.6 Å². The number of piperidine rings is 1. The molecule has 0 aliphatic carbocycles. The Hall–Kier alpha value is -0.650. The second kappa shape index (κ2) is 7.82. The van der Waals surface area contributed by atoms with Crippen molar-refractivity contribution >= 4 is 5.91 Å². The van der Waals surface area contributed by atoms with E-state index < -0.39 is 0 Å². The second-order valence-electron chi connectivity index (χ2n) is 5.96. The smallest absolute Gasteiger partial charge is 0.224 e. The van der Waals surface area contributed by atoms with Crippen LogP contribution in [0.2, 0.25) is 0 Å². The van der Waals surface area contributed by atoms with E-state index in [2.05, 4.69) is 11.9 Å². The van der Waals surface area contributed by atoms with Crippen molar-refractivity contribution in [3.8, 4) is 0 Å². The van der Waals surface area contributed by atoms with E-state index in [1.54, 1.807) is 0 Å². The summed E-state index contributed by atoms with van der Waals surface area (Å²) in [5, 5.41) is 9.18. The first-order valence-corrected chi connectivity index (χ1v) is 7.30. The van der Waals surface area contributed by atoms with Gasteiger partial charge in [0.05, 0.1) is 6.61 Å². The van der Waals surface area contributed by atoms with Crippen LogP contribution in [0, 0.1) is 5.92 Å². The van der Waals surface area contributed by atoms with Gasteiger partial charge in [-0.3, -0.25) is 4.79 Å². The van der Waals surface area contributed by atoms with Crippen LogP contribution in [0.25, 0.3) is 0 Å². The fraction of sp³-hybridized carbons (Fsp3) is 0.929. The molecule has 1 rings (SSSR count). The number of nitrogens with two attached hydrogens (primary N) is 1. The Morgan fingerprint density at radius 1 is 1.42 bits per heavy atom. The molecule has 1 saturated heterocycles. The molecular formula is C14H29N3O2. The fourth-order valence-electron chi connectivity index (χ4n) is 2.48. The van der Waals surface area contributed by atoms with E-state index in [4.69, 9.17) is 5.73 Å². The summed E-state index contributed by atoms with van der Waals surface area (Å²) < 4.78 is 0. The summed E-state index contributed by atoms with van der Waals surface area (Å²) in [5.74, 6) is 0.391. The number of hydrogen-bond donors (Lipinski definition) is 2. The van der Waals surface area contributed by atoms with E-state index in [0.717, 1.165) is 25.9 Å². The highest BCUT2D eigenvalue weighted by molar-refractivity contribution is 5.77. The van der Waals surface area contributed by atoms with Crippen molar-refractivity contribution in [2.75, 3.05) is 33.3 Å². The highest BCUT2D eigenvalue weighted by Crippen LogP contribution is 2.17. The van der Waals surface area contributed by atoms with Crippen molar-refractivity contribution in [2.24, 2.45) is 11.7 Å². The molecule has 5 nitrogen and oxygen atoms in total. The molecule has 1 aliphatic rings. The predicted molar refractivity (Wildman–Crippen MR) is 76.7 cm³/mol. The van der Waals surface area contributed by atoms with Crippen LogP contribution in [-0.4, -0.2) is 66.2 Å². The minimum atomic E-state index is -0.0973. The van der Waals surface area contributed by atoms with E-state index in [-0.39, 0.29) is 24.6 Å². The second-order valence-corrected chi connectivity index (χ2v) is 5.96. The third kappa shape index (κ3) is 5.09. The van der Waals surface area contributed by atoms with Gasteiger partial charge in [-0.2, -0.15) is 0 Å². The lowest BCUT2D eigenvalue weighted by molar-refractivity contribution is -0.135. The fourth-order valence-corrected chi connectivity index (χ4v) is 2.48. The van der Waals surface area contributed by atoms with E-state index in [9.17, 15) is 9.90 Å². The van der Waals surface area contributed by atoms with Gasteiger partial charge in [-0.15, -0.1) is 0 Å². The SMILES string of the molecule is CC(C)C(N)CC(=O)N(CCO)C1CCN(C)CC1. The molecule has 1 atom stereocenters. The van der Waals surface area contributed by atoms with Crippen LogP contribution in [0.15, 0.2) is 0 Å². The van der Waals surface area contributed by atoms with Crippen LogP contribution in [0.1, 0.15) is 33.1 Å². The Balaban J connectivity index is 2.58. The molecule has 112 valence electrons. The van der Waals surface area contributed by atoms with Gasteiger partial charge >= 0.3 is 0 Å². The summed E-state index contributed by atoms with van der Waals surface area (Å²) in [6, 6.07) is 0.162. The third-order valence-electron chi connectivity index (χ3n) is 4.06. The van der Waals surface area contributed by atoms with E-state index >= 15 is 0 Å². The van der Waals surface area contributed by atoms with Crippen molar-refractivity contribution in [3.05, 3.63) is 0 Å². The molecule has 0 radical (unpaired) electrons. The van der Waals surface area contributed by atoms with E-state index in [0.29, 0.717) is 18.9 Å².